The molecule has 1 amide bonds. The summed E-state index contributed by atoms with van der Waals surface area (Å²) in [5, 5.41) is 5.48. The third kappa shape index (κ3) is 7.39. The van der Waals surface area contributed by atoms with Crippen molar-refractivity contribution < 1.29 is 14.3 Å². The van der Waals surface area contributed by atoms with Gasteiger partial charge in [-0.2, -0.15) is 14.8 Å². The molecular formula is C27H35BrN6O3. The zero-order valence-corrected chi connectivity index (χ0v) is 23.4. The van der Waals surface area contributed by atoms with E-state index in [1.807, 2.05) is 49.2 Å². The highest BCUT2D eigenvalue weighted by atomic mass is 79.9. The Hall–Kier alpha value is -3.24. The first-order valence-electron chi connectivity index (χ1n) is 12.4. The molecule has 1 unspecified atom stereocenters. The van der Waals surface area contributed by atoms with Crippen LogP contribution in [0.3, 0.4) is 0 Å². The Bertz CT molecular complexity index is 1260. The van der Waals surface area contributed by atoms with Gasteiger partial charge in [0.2, 0.25) is 5.91 Å². The van der Waals surface area contributed by atoms with E-state index < -0.39 is 0 Å². The van der Waals surface area contributed by atoms with Crippen LogP contribution < -0.4 is 5.73 Å². The van der Waals surface area contributed by atoms with Crippen LogP contribution in [-0.4, -0.2) is 64.9 Å². The summed E-state index contributed by atoms with van der Waals surface area (Å²) in [5.41, 5.74) is 8.76. The van der Waals surface area contributed by atoms with Crippen molar-refractivity contribution in [2.24, 2.45) is 16.6 Å². The molecular weight excluding hydrogens is 536 g/mol. The van der Waals surface area contributed by atoms with E-state index in [0.717, 1.165) is 34.9 Å². The lowest BCUT2D eigenvalue weighted by molar-refractivity contribution is -0.135. The molecule has 3 aromatic rings. The van der Waals surface area contributed by atoms with E-state index in [2.05, 4.69) is 39.0 Å². The van der Waals surface area contributed by atoms with Gasteiger partial charge in [0.05, 0.1) is 18.3 Å². The number of nitrogens with zero attached hydrogens (tertiary/aromatic N) is 5. The van der Waals surface area contributed by atoms with E-state index in [4.69, 9.17) is 20.2 Å². The maximum atomic E-state index is 12.2. The number of rotatable bonds is 12. The van der Waals surface area contributed by atoms with Crippen molar-refractivity contribution in [3.8, 4) is 11.1 Å². The molecule has 2 heterocycles. The number of pyridine rings is 1. The molecule has 0 saturated heterocycles. The van der Waals surface area contributed by atoms with Crippen molar-refractivity contribution in [1.82, 2.24) is 19.7 Å². The lowest BCUT2D eigenvalue weighted by Gasteiger charge is -2.23. The van der Waals surface area contributed by atoms with Crippen molar-refractivity contribution in [3.63, 3.8) is 0 Å². The monoisotopic (exact) mass is 570 g/mol. The third-order valence-corrected chi connectivity index (χ3v) is 6.65. The molecule has 0 aliphatic carbocycles. The lowest BCUT2D eigenvalue weighted by atomic mass is 10.0. The molecule has 0 fully saturated rings. The van der Waals surface area contributed by atoms with Gasteiger partial charge in [0.1, 0.15) is 12.4 Å². The van der Waals surface area contributed by atoms with Gasteiger partial charge in [-0.3, -0.25) is 9.78 Å². The van der Waals surface area contributed by atoms with Gasteiger partial charge in [-0.25, -0.2) is 0 Å². The summed E-state index contributed by atoms with van der Waals surface area (Å²) in [6, 6.07) is 10.0. The van der Waals surface area contributed by atoms with E-state index in [9.17, 15) is 4.79 Å². The second-order valence-electron chi connectivity index (χ2n) is 8.66. The van der Waals surface area contributed by atoms with Crippen LogP contribution in [0, 0.1) is 5.92 Å². The minimum atomic E-state index is -0.0000730. The number of aliphatic imine (C=N–C) groups is 1. The highest BCUT2D eigenvalue weighted by Crippen LogP contribution is 2.33. The first kappa shape index (κ1) is 28.3. The summed E-state index contributed by atoms with van der Waals surface area (Å²) in [4.78, 5) is 24.9. The van der Waals surface area contributed by atoms with Gasteiger partial charge in [0, 0.05) is 54.8 Å². The van der Waals surface area contributed by atoms with Crippen molar-refractivity contribution >= 4 is 50.3 Å². The normalized spacial score (nSPS) is 13.1. The fourth-order valence-corrected chi connectivity index (χ4v) is 4.14. The Balaban J connectivity index is 1.78. The first-order chi connectivity index (χ1) is 17.9. The Kier molecular flexibility index (Phi) is 10.6. The van der Waals surface area contributed by atoms with Gasteiger partial charge in [-0.15, -0.1) is 0 Å². The zero-order chi connectivity index (χ0) is 26.8. The number of carbonyl (C=O) groups is 1. The van der Waals surface area contributed by atoms with Gasteiger partial charge in [0.15, 0.2) is 11.7 Å². The van der Waals surface area contributed by atoms with Crippen LogP contribution >= 0.6 is 15.9 Å². The summed E-state index contributed by atoms with van der Waals surface area (Å²) < 4.78 is 12.6. The molecule has 37 heavy (non-hydrogen) atoms. The van der Waals surface area contributed by atoms with Gasteiger partial charge in [0.25, 0.3) is 0 Å². The van der Waals surface area contributed by atoms with Gasteiger partial charge < -0.3 is 20.1 Å². The second-order valence-corrected chi connectivity index (χ2v) is 9.11. The molecule has 0 bridgehead atoms. The predicted molar refractivity (Wildman–Crippen MR) is 152 cm³/mol. The SMILES string of the molecule is CCC(CCN(CC)C(=O)COC)CO/C(C)=N/c1c(-c2cnc3ccccc3c2)cnn1/C(N)=C/Br. The number of hydrogen-bond donors (Lipinski definition) is 1. The third-order valence-electron chi connectivity index (χ3n) is 6.18. The molecule has 198 valence electrons. The summed E-state index contributed by atoms with van der Waals surface area (Å²) in [5.74, 6) is 1.72. The standard InChI is InChI=1S/C27H35BrN6O3/c1-5-20(11-12-33(6-2)26(35)18-36-4)17-37-19(3)32-27-23(16-31-34(27)25(29)14-28)22-13-21-9-7-8-10-24(21)30-15-22/h7-10,13-16,20H,5-6,11-12,17-18,29H2,1-4H3/b25-14+,32-19+. The Morgan fingerprint density at radius 2 is 2.08 bits per heavy atom. The Morgan fingerprint density at radius 1 is 1.30 bits per heavy atom. The number of nitrogens with two attached hydrogens (primary N) is 1. The van der Waals surface area contributed by atoms with Crippen LogP contribution in [0.5, 0.6) is 0 Å². The number of likely N-dealkylation sites (N-methyl/N-ethyl adjacent to an activating group) is 1. The average molecular weight is 572 g/mol. The minimum absolute atomic E-state index is 0.0000730. The van der Waals surface area contributed by atoms with E-state index >= 15 is 0 Å². The number of halogens is 1. The summed E-state index contributed by atoms with van der Waals surface area (Å²) in [6.07, 6.45) is 5.30. The topological polar surface area (TPSA) is 108 Å². The molecule has 1 aromatic carbocycles. The maximum absolute atomic E-state index is 12.2. The number of amides is 1. The number of carbonyl (C=O) groups excluding carboxylic acids is 1. The number of ether oxygens (including phenoxy) is 2. The average Bonchev–Trinajstić information content (AvgIpc) is 3.33. The molecule has 0 spiro atoms. The van der Waals surface area contributed by atoms with E-state index in [1.54, 1.807) is 15.9 Å². The first-order valence-corrected chi connectivity index (χ1v) is 13.3. The van der Waals surface area contributed by atoms with Crippen LogP contribution in [0.2, 0.25) is 0 Å². The van der Waals surface area contributed by atoms with Crippen LogP contribution in [0.4, 0.5) is 5.82 Å². The highest BCUT2D eigenvalue weighted by molar-refractivity contribution is 9.11. The lowest BCUT2D eigenvalue weighted by Crippen LogP contribution is -2.35. The fourth-order valence-electron chi connectivity index (χ4n) is 3.94. The van der Waals surface area contributed by atoms with Crippen molar-refractivity contribution in [2.45, 2.75) is 33.6 Å². The quantitative estimate of drug-likeness (QED) is 0.237. The molecule has 10 heteroatoms. The number of hydrogen-bond acceptors (Lipinski definition) is 7. The Morgan fingerprint density at radius 3 is 2.78 bits per heavy atom. The van der Waals surface area contributed by atoms with Gasteiger partial charge in [-0.1, -0.05) is 41.1 Å². The van der Waals surface area contributed by atoms with Gasteiger partial charge >= 0.3 is 0 Å². The molecule has 0 radical (unpaired) electrons. The van der Waals surface area contributed by atoms with Crippen molar-refractivity contribution in [1.29, 1.82) is 0 Å². The summed E-state index contributed by atoms with van der Waals surface area (Å²) in [7, 11) is 1.53. The molecule has 2 aromatic heterocycles. The highest BCUT2D eigenvalue weighted by Gasteiger charge is 2.17. The molecule has 2 N–H and O–H groups in total. The predicted octanol–water partition coefficient (Wildman–Crippen LogP) is 5.19. The van der Waals surface area contributed by atoms with E-state index in [1.165, 1.54) is 7.11 Å². The molecule has 9 nitrogen and oxygen atoms in total. The smallest absolute Gasteiger partial charge is 0.248 e. The molecule has 1 atom stereocenters. The Labute approximate surface area is 226 Å². The van der Waals surface area contributed by atoms with Crippen molar-refractivity contribution in [3.05, 3.63) is 47.7 Å². The molecule has 0 aliphatic heterocycles. The molecule has 0 aliphatic rings. The minimum Gasteiger partial charge on any atom is -0.481 e. The number of para-hydroxylation sites is 1. The zero-order valence-electron chi connectivity index (χ0n) is 21.9. The fraction of sp³-hybridized carbons (Fsp3) is 0.407. The van der Waals surface area contributed by atoms with Crippen LogP contribution in [0.1, 0.15) is 33.6 Å². The van der Waals surface area contributed by atoms with Crippen LogP contribution in [0.25, 0.3) is 27.9 Å². The number of fused-ring (bicyclic) bond motifs is 1. The summed E-state index contributed by atoms with van der Waals surface area (Å²) in [6.45, 7) is 7.82. The number of methoxy groups -OCH3 is 1. The van der Waals surface area contributed by atoms with Gasteiger partial charge in [-0.05, 0) is 37.8 Å². The molecule has 3 rings (SSSR count). The van der Waals surface area contributed by atoms with Crippen LogP contribution in [0.15, 0.2) is 52.7 Å². The largest absolute Gasteiger partial charge is 0.481 e. The van der Waals surface area contributed by atoms with E-state index in [0.29, 0.717) is 37.2 Å². The molecule has 0 saturated carbocycles. The number of aromatic nitrogens is 3. The van der Waals surface area contributed by atoms with Crippen molar-refractivity contribution in [2.75, 3.05) is 33.4 Å². The second kappa shape index (κ2) is 13.9. The summed E-state index contributed by atoms with van der Waals surface area (Å²) >= 11 is 3.29. The maximum Gasteiger partial charge on any atom is 0.248 e. The number of benzene rings is 1. The van der Waals surface area contributed by atoms with E-state index in [-0.39, 0.29) is 18.4 Å². The van der Waals surface area contributed by atoms with Crippen LogP contribution in [-0.2, 0) is 14.3 Å².